The van der Waals surface area contributed by atoms with E-state index in [-0.39, 0.29) is 18.4 Å². The first-order chi connectivity index (χ1) is 13.5. The lowest BCUT2D eigenvalue weighted by molar-refractivity contribution is -0.115. The first-order valence-electron chi connectivity index (χ1n) is 10.0. The Labute approximate surface area is 166 Å². The van der Waals surface area contributed by atoms with Gasteiger partial charge >= 0.3 is 0 Å². The second-order valence-corrected chi connectivity index (χ2v) is 7.66. The minimum atomic E-state index is -0.245. The van der Waals surface area contributed by atoms with E-state index in [4.69, 9.17) is 0 Å². The summed E-state index contributed by atoms with van der Waals surface area (Å²) in [6.07, 6.45) is 6.36. The fraction of sp³-hybridized carbons (Fsp3) is 0.391. The van der Waals surface area contributed by atoms with Crippen LogP contribution in [0.1, 0.15) is 53.6 Å². The number of hydrogen-bond donors (Lipinski definition) is 3. The fourth-order valence-corrected chi connectivity index (χ4v) is 3.71. The third-order valence-corrected chi connectivity index (χ3v) is 5.04. The van der Waals surface area contributed by atoms with Crippen LogP contribution in [0.2, 0.25) is 0 Å². The minimum Gasteiger partial charge on any atom is -0.382 e. The van der Waals surface area contributed by atoms with Gasteiger partial charge < -0.3 is 16.0 Å². The van der Waals surface area contributed by atoms with Gasteiger partial charge in [-0.3, -0.25) is 9.59 Å². The van der Waals surface area contributed by atoms with Crippen LogP contribution in [0, 0.1) is 13.8 Å². The summed E-state index contributed by atoms with van der Waals surface area (Å²) in [5.41, 5.74) is 4.42. The molecule has 2 aromatic rings. The monoisotopic (exact) mass is 379 g/mol. The molecule has 28 heavy (non-hydrogen) atoms. The Morgan fingerprint density at radius 2 is 1.50 bits per heavy atom. The molecule has 0 aromatic heterocycles. The molecule has 0 unspecified atom stereocenters. The lowest BCUT2D eigenvalue weighted by Crippen LogP contribution is -2.32. The van der Waals surface area contributed by atoms with Crippen molar-refractivity contribution in [2.75, 3.05) is 17.2 Å². The standard InChI is InChI=1S/C23H29N3O2/c1-16-12-17(2)14-18(13-16)23(28)24-15-22(27)26-21-10-8-20(9-11-21)25-19-6-4-3-5-7-19/h8-14,19,25H,3-7,15H2,1-2H3,(H,24,28)(H,26,27). The van der Waals surface area contributed by atoms with Crippen LogP contribution in [-0.2, 0) is 4.79 Å². The Hall–Kier alpha value is -2.82. The molecule has 1 saturated carbocycles. The average molecular weight is 380 g/mol. The summed E-state index contributed by atoms with van der Waals surface area (Å²) in [5.74, 6) is -0.486. The van der Waals surface area contributed by atoms with Gasteiger partial charge in [-0.25, -0.2) is 0 Å². The zero-order valence-corrected chi connectivity index (χ0v) is 16.7. The minimum absolute atomic E-state index is 0.0616. The average Bonchev–Trinajstić information content (AvgIpc) is 2.68. The molecule has 148 valence electrons. The van der Waals surface area contributed by atoms with Crippen LogP contribution in [-0.4, -0.2) is 24.4 Å². The van der Waals surface area contributed by atoms with Gasteiger partial charge in [-0.15, -0.1) is 0 Å². The summed E-state index contributed by atoms with van der Waals surface area (Å²) in [6, 6.07) is 13.9. The van der Waals surface area contributed by atoms with Crippen LogP contribution in [0.15, 0.2) is 42.5 Å². The van der Waals surface area contributed by atoms with Crippen LogP contribution in [0.5, 0.6) is 0 Å². The summed E-state index contributed by atoms with van der Waals surface area (Å²) in [7, 11) is 0. The van der Waals surface area contributed by atoms with Crippen molar-refractivity contribution in [1.29, 1.82) is 0 Å². The van der Waals surface area contributed by atoms with Gasteiger partial charge in [-0.05, 0) is 63.1 Å². The molecule has 5 nitrogen and oxygen atoms in total. The number of anilines is 2. The maximum atomic E-state index is 12.2. The van der Waals surface area contributed by atoms with Crippen LogP contribution in [0.25, 0.3) is 0 Å². The van der Waals surface area contributed by atoms with Gasteiger partial charge in [0.1, 0.15) is 0 Å². The van der Waals surface area contributed by atoms with Crippen molar-refractivity contribution in [3.63, 3.8) is 0 Å². The molecule has 0 saturated heterocycles. The van der Waals surface area contributed by atoms with Gasteiger partial charge in [0.15, 0.2) is 0 Å². The highest BCUT2D eigenvalue weighted by molar-refractivity contribution is 5.99. The van der Waals surface area contributed by atoms with Gasteiger partial charge in [0.25, 0.3) is 5.91 Å². The van der Waals surface area contributed by atoms with Crippen molar-refractivity contribution in [3.8, 4) is 0 Å². The van der Waals surface area contributed by atoms with E-state index in [1.807, 2.05) is 56.3 Å². The molecule has 2 amide bonds. The Morgan fingerprint density at radius 3 is 2.14 bits per heavy atom. The van der Waals surface area contributed by atoms with Crippen molar-refractivity contribution in [3.05, 3.63) is 59.2 Å². The second-order valence-electron chi connectivity index (χ2n) is 7.66. The van der Waals surface area contributed by atoms with Gasteiger partial charge in [0.2, 0.25) is 5.91 Å². The Bertz CT molecular complexity index is 804. The molecule has 1 fully saturated rings. The molecule has 0 spiro atoms. The topological polar surface area (TPSA) is 70.2 Å². The summed E-state index contributed by atoms with van der Waals surface area (Å²) < 4.78 is 0. The van der Waals surface area contributed by atoms with E-state index in [0.29, 0.717) is 11.6 Å². The number of benzene rings is 2. The van der Waals surface area contributed by atoms with Gasteiger partial charge in [-0.1, -0.05) is 36.5 Å². The zero-order valence-electron chi connectivity index (χ0n) is 16.7. The Balaban J connectivity index is 1.47. The normalized spacial score (nSPS) is 14.4. The van der Waals surface area contributed by atoms with Gasteiger partial charge in [0.05, 0.1) is 6.54 Å². The number of nitrogens with one attached hydrogen (secondary N) is 3. The lowest BCUT2D eigenvalue weighted by atomic mass is 9.95. The van der Waals surface area contributed by atoms with Crippen LogP contribution < -0.4 is 16.0 Å². The highest BCUT2D eigenvalue weighted by atomic mass is 16.2. The van der Waals surface area contributed by atoms with Crippen molar-refractivity contribution in [2.45, 2.75) is 52.0 Å². The molecule has 1 aliphatic carbocycles. The first kappa shape index (κ1) is 19.9. The van der Waals surface area contributed by atoms with E-state index in [1.54, 1.807) is 0 Å². The van der Waals surface area contributed by atoms with E-state index in [1.165, 1.54) is 32.1 Å². The number of rotatable bonds is 6. The predicted molar refractivity (Wildman–Crippen MR) is 114 cm³/mol. The molecule has 0 bridgehead atoms. The number of carbonyl (C=O) groups excluding carboxylic acids is 2. The molecular weight excluding hydrogens is 350 g/mol. The maximum absolute atomic E-state index is 12.2. The van der Waals surface area contributed by atoms with E-state index < -0.39 is 0 Å². The van der Waals surface area contributed by atoms with E-state index in [2.05, 4.69) is 16.0 Å². The smallest absolute Gasteiger partial charge is 0.251 e. The molecular formula is C23H29N3O2. The Kier molecular flexibility index (Phi) is 6.69. The third kappa shape index (κ3) is 5.84. The summed E-state index contributed by atoms with van der Waals surface area (Å²) in [4.78, 5) is 24.4. The molecule has 1 aliphatic rings. The first-order valence-corrected chi connectivity index (χ1v) is 10.0. The zero-order chi connectivity index (χ0) is 19.9. The van der Waals surface area contributed by atoms with E-state index >= 15 is 0 Å². The lowest BCUT2D eigenvalue weighted by Gasteiger charge is -2.23. The largest absolute Gasteiger partial charge is 0.382 e. The van der Waals surface area contributed by atoms with E-state index in [9.17, 15) is 9.59 Å². The van der Waals surface area contributed by atoms with Crippen molar-refractivity contribution < 1.29 is 9.59 Å². The highest BCUT2D eigenvalue weighted by Crippen LogP contribution is 2.22. The summed E-state index contributed by atoms with van der Waals surface area (Å²) >= 11 is 0. The molecule has 3 rings (SSSR count). The van der Waals surface area contributed by atoms with Crippen LogP contribution >= 0.6 is 0 Å². The quantitative estimate of drug-likeness (QED) is 0.696. The number of hydrogen-bond acceptors (Lipinski definition) is 3. The summed E-state index contributed by atoms with van der Waals surface area (Å²) in [6.45, 7) is 3.83. The Morgan fingerprint density at radius 1 is 0.893 bits per heavy atom. The van der Waals surface area contributed by atoms with Crippen molar-refractivity contribution in [2.24, 2.45) is 0 Å². The van der Waals surface area contributed by atoms with Gasteiger partial charge in [-0.2, -0.15) is 0 Å². The second kappa shape index (κ2) is 9.40. The molecule has 0 atom stereocenters. The third-order valence-electron chi connectivity index (χ3n) is 5.04. The fourth-order valence-electron chi connectivity index (χ4n) is 3.71. The van der Waals surface area contributed by atoms with E-state index in [0.717, 1.165) is 22.5 Å². The maximum Gasteiger partial charge on any atom is 0.251 e. The SMILES string of the molecule is Cc1cc(C)cc(C(=O)NCC(=O)Nc2ccc(NC3CCCCC3)cc2)c1. The number of aryl methyl sites for hydroxylation is 2. The predicted octanol–water partition coefficient (Wildman–Crippen LogP) is 4.42. The number of amides is 2. The molecule has 3 N–H and O–H groups in total. The molecule has 0 aliphatic heterocycles. The summed E-state index contributed by atoms with van der Waals surface area (Å²) in [5, 5.41) is 9.06. The molecule has 2 aromatic carbocycles. The number of carbonyl (C=O) groups is 2. The highest BCUT2D eigenvalue weighted by Gasteiger charge is 2.13. The van der Waals surface area contributed by atoms with Crippen molar-refractivity contribution in [1.82, 2.24) is 5.32 Å². The van der Waals surface area contributed by atoms with Crippen LogP contribution in [0.3, 0.4) is 0 Å². The molecule has 0 radical (unpaired) electrons. The molecule has 5 heteroatoms. The van der Waals surface area contributed by atoms with Crippen LogP contribution in [0.4, 0.5) is 11.4 Å². The van der Waals surface area contributed by atoms with Crippen molar-refractivity contribution >= 4 is 23.2 Å². The van der Waals surface area contributed by atoms with Gasteiger partial charge in [0, 0.05) is 23.0 Å². The molecule has 0 heterocycles.